The summed E-state index contributed by atoms with van der Waals surface area (Å²) in [6.45, 7) is 9.51. The SMILES string of the molecule is CC1(C)C2=C(CCC=C2)N(c2ccc3c(-c4ccccc4)c4cc(N5c6ccccc6C(C)(C)c6ccccc65)ccc4c(-c4cccc(-c5cccc6ccccc56)c4)c3c2)c2ccccc21. The van der Waals surface area contributed by atoms with Crippen LogP contribution in [0.3, 0.4) is 0 Å². The minimum Gasteiger partial charge on any atom is -0.314 e. The van der Waals surface area contributed by atoms with E-state index < -0.39 is 0 Å². The highest BCUT2D eigenvalue weighted by atomic mass is 15.2. The van der Waals surface area contributed by atoms with Crippen LogP contribution in [0.5, 0.6) is 0 Å². The summed E-state index contributed by atoms with van der Waals surface area (Å²) in [7, 11) is 0. The van der Waals surface area contributed by atoms with Crippen LogP contribution in [0.15, 0.2) is 230 Å². The van der Waals surface area contributed by atoms with Crippen molar-refractivity contribution in [3.63, 3.8) is 0 Å². The largest absolute Gasteiger partial charge is 0.314 e. The molecule has 10 aromatic rings. The first kappa shape index (κ1) is 40.3. The van der Waals surface area contributed by atoms with Crippen LogP contribution in [0.1, 0.15) is 57.2 Å². The zero-order chi connectivity index (χ0) is 45.7. The summed E-state index contributed by atoms with van der Waals surface area (Å²) in [6.07, 6.45) is 6.79. The maximum Gasteiger partial charge on any atom is 0.0502 e. The van der Waals surface area contributed by atoms with E-state index in [0.29, 0.717) is 0 Å². The van der Waals surface area contributed by atoms with Crippen LogP contribution >= 0.6 is 0 Å². The number of anilines is 5. The van der Waals surface area contributed by atoms with Gasteiger partial charge in [-0.05, 0) is 149 Å². The Morgan fingerprint density at radius 2 is 0.897 bits per heavy atom. The molecule has 0 unspecified atom stereocenters. The van der Waals surface area contributed by atoms with E-state index in [2.05, 4.69) is 256 Å². The van der Waals surface area contributed by atoms with Gasteiger partial charge in [0.15, 0.2) is 0 Å². The Morgan fingerprint density at radius 3 is 1.59 bits per heavy atom. The maximum atomic E-state index is 2.58. The van der Waals surface area contributed by atoms with Crippen molar-refractivity contribution < 1.29 is 0 Å². The minimum absolute atomic E-state index is 0.108. The smallest absolute Gasteiger partial charge is 0.0502 e. The van der Waals surface area contributed by atoms with Crippen LogP contribution in [0.2, 0.25) is 0 Å². The molecule has 2 heterocycles. The van der Waals surface area contributed by atoms with Crippen molar-refractivity contribution in [3.05, 3.63) is 246 Å². The number of benzene rings is 10. The first-order chi connectivity index (χ1) is 33.3. The third kappa shape index (κ3) is 6.03. The third-order valence-corrected chi connectivity index (χ3v) is 15.5. The first-order valence-corrected chi connectivity index (χ1v) is 24.2. The maximum absolute atomic E-state index is 2.58. The van der Waals surface area contributed by atoms with Crippen LogP contribution in [0, 0.1) is 0 Å². The van der Waals surface area contributed by atoms with E-state index in [9.17, 15) is 0 Å². The number of hydrogen-bond donors (Lipinski definition) is 0. The van der Waals surface area contributed by atoms with Gasteiger partial charge in [0.25, 0.3) is 0 Å². The van der Waals surface area contributed by atoms with Gasteiger partial charge in [-0.15, -0.1) is 0 Å². The molecule has 2 nitrogen and oxygen atoms in total. The monoisotopic (exact) mass is 872 g/mol. The molecule has 0 atom stereocenters. The van der Waals surface area contributed by atoms with Crippen LogP contribution in [-0.2, 0) is 10.8 Å². The molecule has 0 N–H and O–H groups in total. The van der Waals surface area contributed by atoms with Crippen LogP contribution in [0.4, 0.5) is 28.4 Å². The zero-order valence-corrected chi connectivity index (χ0v) is 39.1. The Hall–Kier alpha value is -7.94. The highest BCUT2D eigenvalue weighted by Gasteiger charge is 2.39. The molecule has 0 radical (unpaired) electrons. The average Bonchev–Trinajstić information content (AvgIpc) is 3.38. The van der Waals surface area contributed by atoms with Gasteiger partial charge in [0.05, 0.1) is 11.4 Å². The lowest BCUT2D eigenvalue weighted by Crippen LogP contribution is -2.34. The third-order valence-electron chi connectivity index (χ3n) is 15.5. The lowest BCUT2D eigenvalue weighted by atomic mass is 9.71. The summed E-state index contributed by atoms with van der Waals surface area (Å²) >= 11 is 0. The number of rotatable bonds is 5. The van der Waals surface area contributed by atoms with Gasteiger partial charge in [-0.2, -0.15) is 0 Å². The van der Waals surface area contributed by atoms with Gasteiger partial charge in [0.1, 0.15) is 0 Å². The highest BCUT2D eigenvalue weighted by molar-refractivity contribution is 6.23. The van der Waals surface area contributed by atoms with E-state index in [-0.39, 0.29) is 10.8 Å². The molecule has 3 aliphatic rings. The van der Waals surface area contributed by atoms with Gasteiger partial charge in [0.2, 0.25) is 0 Å². The molecule has 2 aliphatic heterocycles. The second-order valence-electron chi connectivity index (χ2n) is 20.0. The number of hydrogen-bond acceptors (Lipinski definition) is 2. The Morgan fingerprint density at radius 1 is 0.382 bits per heavy atom. The Balaban J connectivity index is 1.13. The Kier molecular flexibility index (Phi) is 9.08. The fraction of sp³-hybridized carbons (Fsp3) is 0.121. The van der Waals surface area contributed by atoms with E-state index >= 15 is 0 Å². The fourth-order valence-corrected chi connectivity index (χ4v) is 12.2. The van der Waals surface area contributed by atoms with Crippen molar-refractivity contribution >= 4 is 60.8 Å². The van der Waals surface area contributed by atoms with E-state index in [4.69, 9.17) is 0 Å². The molecular formula is C66H52N2. The van der Waals surface area contributed by atoms with Crippen molar-refractivity contribution in [2.45, 2.75) is 51.4 Å². The lowest BCUT2D eigenvalue weighted by molar-refractivity contribution is 0.603. The summed E-state index contributed by atoms with van der Waals surface area (Å²) in [4.78, 5) is 5.08. The molecule has 68 heavy (non-hydrogen) atoms. The molecule has 1 aliphatic carbocycles. The topological polar surface area (TPSA) is 6.48 Å². The summed E-state index contributed by atoms with van der Waals surface area (Å²) in [6, 6.07) is 77.4. The molecular weight excluding hydrogens is 821 g/mol. The summed E-state index contributed by atoms with van der Waals surface area (Å²) in [5, 5.41) is 7.44. The molecule has 0 saturated heterocycles. The molecule has 0 spiro atoms. The quantitative estimate of drug-likeness (QED) is 0.159. The van der Waals surface area contributed by atoms with Gasteiger partial charge in [-0.1, -0.05) is 198 Å². The molecule has 13 rings (SSSR count). The normalized spacial score (nSPS) is 15.6. The molecule has 0 amide bonds. The van der Waals surface area contributed by atoms with E-state index in [0.717, 1.165) is 18.5 Å². The highest BCUT2D eigenvalue weighted by Crippen LogP contribution is 2.55. The number of allylic oxidation sites excluding steroid dienone is 4. The van der Waals surface area contributed by atoms with E-state index in [1.165, 1.54) is 116 Å². The summed E-state index contributed by atoms with van der Waals surface area (Å²) < 4.78 is 0. The van der Waals surface area contributed by atoms with Gasteiger partial charge >= 0.3 is 0 Å². The van der Waals surface area contributed by atoms with E-state index in [1.807, 2.05) is 0 Å². The lowest BCUT2D eigenvalue weighted by Gasteiger charge is -2.44. The van der Waals surface area contributed by atoms with Gasteiger partial charge in [-0.3, -0.25) is 0 Å². The van der Waals surface area contributed by atoms with Crippen molar-refractivity contribution in [3.8, 4) is 33.4 Å². The molecule has 0 aromatic heterocycles. The molecule has 10 aromatic carbocycles. The average molecular weight is 873 g/mol. The predicted molar refractivity (Wildman–Crippen MR) is 289 cm³/mol. The number of para-hydroxylation sites is 3. The van der Waals surface area contributed by atoms with Crippen molar-refractivity contribution in [1.82, 2.24) is 0 Å². The molecule has 0 bridgehead atoms. The molecule has 326 valence electrons. The van der Waals surface area contributed by atoms with Crippen LogP contribution in [-0.4, -0.2) is 0 Å². The van der Waals surface area contributed by atoms with Crippen LogP contribution < -0.4 is 9.80 Å². The van der Waals surface area contributed by atoms with Crippen molar-refractivity contribution in [2.75, 3.05) is 9.80 Å². The number of nitrogens with zero attached hydrogens (tertiary/aromatic N) is 2. The Bertz CT molecular complexity index is 3700. The van der Waals surface area contributed by atoms with E-state index in [1.54, 1.807) is 0 Å². The molecule has 2 heteroatoms. The standard InChI is InChI=1S/C66H52N2/c1-65(2)55-28-10-14-32-59(55)67(60-33-15-11-29-56(60)65)47-37-39-52-53(41-47)63(44-21-6-5-7-22-44)51-38-36-48(68-61-34-16-12-30-57(61)66(3,4)58-31-13-17-35-62(58)68)42-54(51)64(52)46-25-18-24-45(40-46)50-27-19-23-43-20-8-9-26-49(43)50/h5-16,18-34,36-42H,17,35H2,1-4H3. The van der Waals surface area contributed by atoms with Gasteiger partial charge in [-0.25, -0.2) is 0 Å². The second kappa shape index (κ2) is 15.3. The van der Waals surface area contributed by atoms with Crippen molar-refractivity contribution in [2.24, 2.45) is 0 Å². The first-order valence-electron chi connectivity index (χ1n) is 24.2. The minimum atomic E-state index is -0.152. The summed E-state index contributed by atoms with van der Waals surface area (Å²) in [5.41, 5.74) is 20.0. The molecule has 0 fully saturated rings. The van der Waals surface area contributed by atoms with Crippen LogP contribution in [0.25, 0.3) is 65.7 Å². The van der Waals surface area contributed by atoms with Gasteiger partial charge < -0.3 is 9.80 Å². The summed E-state index contributed by atoms with van der Waals surface area (Å²) in [5.74, 6) is 0. The number of fused-ring (bicyclic) bond motifs is 6. The fourth-order valence-electron chi connectivity index (χ4n) is 12.2. The predicted octanol–water partition coefficient (Wildman–Crippen LogP) is 18.3. The second-order valence-corrected chi connectivity index (χ2v) is 20.0. The zero-order valence-electron chi connectivity index (χ0n) is 39.1. The Labute approximate surface area is 399 Å². The molecule has 0 saturated carbocycles. The van der Waals surface area contributed by atoms with Gasteiger partial charge in [0, 0.05) is 33.6 Å². The van der Waals surface area contributed by atoms with Crippen molar-refractivity contribution in [1.29, 1.82) is 0 Å².